The van der Waals surface area contributed by atoms with Crippen molar-refractivity contribution in [3.05, 3.63) is 35.4 Å². The molecule has 0 spiro atoms. The molecule has 0 saturated heterocycles. The topological polar surface area (TPSA) is 15.3 Å². The zero-order valence-corrected chi connectivity index (χ0v) is 12.9. The van der Waals surface area contributed by atoms with Gasteiger partial charge in [-0.25, -0.2) is 0 Å². The monoisotopic (exact) mass is 260 g/mol. The Balaban J connectivity index is 1.98. The van der Waals surface area contributed by atoms with Crippen LogP contribution in [0.25, 0.3) is 0 Å². The summed E-state index contributed by atoms with van der Waals surface area (Å²) < 4.78 is 0. The third-order valence-corrected chi connectivity index (χ3v) is 3.87. The Kier molecular flexibility index (Phi) is 4.64. The third-order valence-electron chi connectivity index (χ3n) is 3.87. The van der Waals surface area contributed by atoms with Gasteiger partial charge in [0.25, 0.3) is 0 Å². The predicted octanol–water partition coefficient (Wildman–Crippen LogP) is 3.56. The molecule has 1 aliphatic heterocycles. The molecule has 2 rings (SSSR count). The van der Waals surface area contributed by atoms with Gasteiger partial charge in [-0.2, -0.15) is 0 Å². The second-order valence-electron chi connectivity index (χ2n) is 6.75. The standard InChI is InChI=1S/C17H28N2/c1-5-8-16(11-18-17(2,3)4)19-12-14-9-6-7-10-15(14)13-19/h6-7,9-10,16,18H,5,8,11-13H2,1-4H3. The molecule has 1 aliphatic rings. The molecule has 0 fully saturated rings. The van der Waals surface area contributed by atoms with Gasteiger partial charge in [0.1, 0.15) is 0 Å². The van der Waals surface area contributed by atoms with Crippen molar-refractivity contribution in [1.29, 1.82) is 0 Å². The summed E-state index contributed by atoms with van der Waals surface area (Å²) in [5, 5.41) is 3.67. The van der Waals surface area contributed by atoms with Crippen molar-refractivity contribution in [1.82, 2.24) is 10.2 Å². The van der Waals surface area contributed by atoms with Crippen molar-refractivity contribution in [3.63, 3.8) is 0 Å². The molecule has 1 N–H and O–H groups in total. The number of benzene rings is 1. The SMILES string of the molecule is CCCC(CNC(C)(C)C)N1Cc2ccccc2C1. The summed E-state index contributed by atoms with van der Waals surface area (Å²) >= 11 is 0. The van der Waals surface area contributed by atoms with E-state index in [1.807, 2.05) is 0 Å². The minimum atomic E-state index is 0.207. The van der Waals surface area contributed by atoms with E-state index in [1.54, 1.807) is 0 Å². The predicted molar refractivity (Wildman–Crippen MR) is 82.1 cm³/mol. The second kappa shape index (κ2) is 6.06. The van der Waals surface area contributed by atoms with Gasteiger partial charge < -0.3 is 5.32 Å². The Hall–Kier alpha value is -0.860. The molecule has 0 radical (unpaired) electrons. The molecule has 1 unspecified atom stereocenters. The van der Waals surface area contributed by atoms with Crippen LogP contribution in [0.3, 0.4) is 0 Å². The van der Waals surface area contributed by atoms with Crippen molar-refractivity contribution in [2.45, 2.75) is 65.2 Å². The van der Waals surface area contributed by atoms with Crippen LogP contribution in [0.15, 0.2) is 24.3 Å². The Morgan fingerprint density at radius 3 is 2.21 bits per heavy atom. The number of hydrogen-bond acceptors (Lipinski definition) is 2. The molecule has 106 valence electrons. The van der Waals surface area contributed by atoms with Crippen LogP contribution >= 0.6 is 0 Å². The molecule has 1 heterocycles. The fraction of sp³-hybridized carbons (Fsp3) is 0.647. The van der Waals surface area contributed by atoms with E-state index in [-0.39, 0.29) is 5.54 Å². The molecular formula is C17H28N2. The zero-order valence-electron chi connectivity index (χ0n) is 12.9. The second-order valence-corrected chi connectivity index (χ2v) is 6.75. The van der Waals surface area contributed by atoms with Gasteiger partial charge in [0.2, 0.25) is 0 Å². The Labute approximate surface area is 118 Å². The smallest absolute Gasteiger partial charge is 0.0244 e. The fourth-order valence-corrected chi connectivity index (χ4v) is 2.79. The summed E-state index contributed by atoms with van der Waals surface area (Å²) in [7, 11) is 0. The first-order valence-electron chi connectivity index (χ1n) is 7.55. The normalized spacial score (nSPS) is 17.5. The van der Waals surface area contributed by atoms with Gasteiger partial charge in [-0.1, -0.05) is 37.6 Å². The van der Waals surface area contributed by atoms with Gasteiger partial charge in [0, 0.05) is 31.2 Å². The van der Waals surface area contributed by atoms with Gasteiger partial charge in [-0.3, -0.25) is 4.90 Å². The summed E-state index contributed by atoms with van der Waals surface area (Å²) in [5.74, 6) is 0. The number of nitrogens with one attached hydrogen (secondary N) is 1. The Bertz CT molecular complexity index is 381. The van der Waals surface area contributed by atoms with Crippen LogP contribution in [-0.2, 0) is 13.1 Å². The number of hydrogen-bond donors (Lipinski definition) is 1. The van der Waals surface area contributed by atoms with Gasteiger partial charge >= 0.3 is 0 Å². The molecule has 1 atom stereocenters. The van der Waals surface area contributed by atoms with E-state index in [0.29, 0.717) is 6.04 Å². The maximum Gasteiger partial charge on any atom is 0.0244 e. The van der Waals surface area contributed by atoms with Crippen LogP contribution in [0.1, 0.15) is 51.7 Å². The lowest BCUT2D eigenvalue weighted by Gasteiger charge is -2.31. The Morgan fingerprint density at radius 2 is 1.74 bits per heavy atom. The summed E-state index contributed by atoms with van der Waals surface area (Å²) in [6.07, 6.45) is 2.53. The summed E-state index contributed by atoms with van der Waals surface area (Å²) in [6, 6.07) is 9.51. The highest BCUT2D eigenvalue weighted by atomic mass is 15.2. The van der Waals surface area contributed by atoms with Crippen LogP contribution in [0.2, 0.25) is 0 Å². The lowest BCUT2D eigenvalue weighted by atomic mass is 10.1. The lowest BCUT2D eigenvalue weighted by molar-refractivity contribution is 0.173. The van der Waals surface area contributed by atoms with Crippen molar-refractivity contribution in [2.24, 2.45) is 0 Å². The molecule has 1 aromatic carbocycles. The van der Waals surface area contributed by atoms with E-state index in [4.69, 9.17) is 0 Å². The fourth-order valence-electron chi connectivity index (χ4n) is 2.79. The van der Waals surface area contributed by atoms with E-state index in [0.717, 1.165) is 19.6 Å². The Morgan fingerprint density at radius 1 is 1.16 bits per heavy atom. The lowest BCUT2D eigenvalue weighted by Crippen LogP contribution is -2.46. The molecule has 2 nitrogen and oxygen atoms in total. The maximum absolute atomic E-state index is 3.67. The van der Waals surface area contributed by atoms with Crippen LogP contribution in [0, 0.1) is 0 Å². The molecule has 0 aliphatic carbocycles. The first-order chi connectivity index (χ1) is 8.99. The number of fused-ring (bicyclic) bond motifs is 1. The van der Waals surface area contributed by atoms with Crippen molar-refractivity contribution in [3.8, 4) is 0 Å². The van der Waals surface area contributed by atoms with Gasteiger partial charge in [-0.05, 0) is 38.3 Å². The van der Waals surface area contributed by atoms with Crippen LogP contribution in [-0.4, -0.2) is 23.0 Å². The summed E-state index contributed by atoms with van der Waals surface area (Å²) in [5.41, 5.74) is 3.23. The van der Waals surface area contributed by atoms with E-state index in [2.05, 4.69) is 62.2 Å². The molecule has 1 aromatic rings. The third kappa shape index (κ3) is 4.05. The molecule has 0 bridgehead atoms. The van der Waals surface area contributed by atoms with E-state index in [9.17, 15) is 0 Å². The minimum Gasteiger partial charge on any atom is -0.311 e. The van der Waals surface area contributed by atoms with Crippen LogP contribution < -0.4 is 5.32 Å². The molecule has 0 amide bonds. The van der Waals surface area contributed by atoms with Crippen molar-refractivity contribution in [2.75, 3.05) is 6.54 Å². The maximum atomic E-state index is 3.67. The molecule has 2 heteroatoms. The van der Waals surface area contributed by atoms with Crippen LogP contribution in [0.4, 0.5) is 0 Å². The first-order valence-corrected chi connectivity index (χ1v) is 7.55. The van der Waals surface area contributed by atoms with Crippen LogP contribution in [0.5, 0.6) is 0 Å². The molecule has 0 saturated carbocycles. The molecule has 19 heavy (non-hydrogen) atoms. The largest absolute Gasteiger partial charge is 0.311 e. The first kappa shape index (κ1) is 14.5. The zero-order chi connectivity index (χ0) is 13.9. The average Bonchev–Trinajstić information content (AvgIpc) is 2.76. The highest BCUT2D eigenvalue weighted by Crippen LogP contribution is 2.25. The molecule has 0 aromatic heterocycles. The van der Waals surface area contributed by atoms with Crippen molar-refractivity contribution < 1.29 is 0 Å². The van der Waals surface area contributed by atoms with E-state index < -0.39 is 0 Å². The number of rotatable bonds is 5. The quantitative estimate of drug-likeness (QED) is 0.871. The highest BCUT2D eigenvalue weighted by Gasteiger charge is 2.25. The van der Waals surface area contributed by atoms with Gasteiger partial charge in [-0.15, -0.1) is 0 Å². The minimum absolute atomic E-state index is 0.207. The van der Waals surface area contributed by atoms with Gasteiger partial charge in [0.05, 0.1) is 0 Å². The highest BCUT2D eigenvalue weighted by molar-refractivity contribution is 5.30. The average molecular weight is 260 g/mol. The van der Waals surface area contributed by atoms with Gasteiger partial charge in [0.15, 0.2) is 0 Å². The van der Waals surface area contributed by atoms with Crippen molar-refractivity contribution >= 4 is 0 Å². The van der Waals surface area contributed by atoms with E-state index in [1.165, 1.54) is 24.0 Å². The summed E-state index contributed by atoms with van der Waals surface area (Å²) in [4.78, 5) is 2.63. The number of nitrogens with zero attached hydrogens (tertiary/aromatic N) is 1. The summed E-state index contributed by atoms with van der Waals surface area (Å²) in [6.45, 7) is 12.3. The van der Waals surface area contributed by atoms with E-state index >= 15 is 0 Å². The molecular weight excluding hydrogens is 232 g/mol.